The van der Waals surface area contributed by atoms with Crippen LogP contribution >= 0.6 is 0 Å². The van der Waals surface area contributed by atoms with Gasteiger partial charge in [-0.25, -0.2) is 4.79 Å². The third kappa shape index (κ3) is 6.66. The van der Waals surface area contributed by atoms with E-state index in [4.69, 9.17) is 9.47 Å². The van der Waals surface area contributed by atoms with E-state index in [0.29, 0.717) is 6.61 Å². The van der Waals surface area contributed by atoms with Gasteiger partial charge in [-0.1, -0.05) is 12.2 Å². The van der Waals surface area contributed by atoms with Crippen LogP contribution in [0.2, 0.25) is 0 Å². The molecule has 0 heterocycles. The lowest BCUT2D eigenvalue weighted by Crippen LogP contribution is -2.32. The number of carbonyl (C=O) groups excluding carboxylic acids is 1. The smallest absolute Gasteiger partial charge is 0.335 e. The van der Waals surface area contributed by atoms with Crippen molar-refractivity contribution in [2.75, 3.05) is 6.61 Å². The van der Waals surface area contributed by atoms with Gasteiger partial charge in [0.15, 0.2) is 6.10 Å². The first-order chi connectivity index (χ1) is 6.22. The topological polar surface area (TPSA) is 35.5 Å². The number of carbonyl (C=O) groups is 1. The summed E-state index contributed by atoms with van der Waals surface area (Å²) in [6.45, 7) is 13.1. The fourth-order valence-electron chi connectivity index (χ4n) is 0.720. The molecule has 0 amide bonds. The van der Waals surface area contributed by atoms with Crippen LogP contribution in [-0.2, 0) is 14.3 Å². The van der Waals surface area contributed by atoms with Crippen molar-refractivity contribution in [3.05, 3.63) is 12.2 Å². The van der Waals surface area contributed by atoms with Crippen LogP contribution in [0, 0.1) is 0 Å². The molecule has 3 heteroatoms. The summed E-state index contributed by atoms with van der Waals surface area (Å²) in [6.07, 6.45) is -0.536. The van der Waals surface area contributed by atoms with Gasteiger partial charge in [-0.2, -0.15) is 0 Å². The van der Waals surface area contributed by atoms with Crippen LogP contribution in [0.4, 0.5) is 0 Å². The normalized spacial score (nSPS) is 13.5. The van der Waals surface area contributed by atoms with Gasteiger partial charge in [0.05, 0.1) is 6.61 Å². The second-order valence-corrected chi connectivity index (χ2v) is 4.44. The van der Waals surface area contributed by atoms with Crippen LogP contribution in [0.3, 0.4) is 0 Å². The summed E-state index contributed by atoms with van der Waals surface area (Å²) in [5.74, 6) is -0.334. The lowest BCUT2D eigenvalue weighted by Gasteiger charge is -2.22. The van der Waals surface area contributed by atoms with Gasteiger partial charge in [-0.3, -0.25) is 0 Å². The summed E-state index contributed by atoms with van der Waals surface area (Å²) in [5, 5.41) is 0. The number of esters is 1. The molecular weight excluding hydrogens is 180 g/mol. The summed E-state index contributed by atoms with van der Waals surface area (Å²) in [5.41, 5.74) is 0.429. The van der Waals surface area contributed by atoms with Gasteiger partial charge >= 0.3 is 5.97 Å². The molecule has 0 aliphatic carbocycles. The largest absolute Gasteiger partial charge is 0.458 e. The summed E-state index contributed by atoms with van der Waals surface area (Å²) >= 11 is 0. The quantitative estimate of drug-likeness (QED) is 0.516. The zero-order valence-electron chi connectivity index (χ0n) is 9.72. The molecule has 0 saturated heterocycles. The molecular formula is C11H20O3. The number of hydrogen-bond donors (Lipinski definition) is 0. The van der Waals surface area contributed by atoms with Crippen molar-refractivity contribution in [3.63, 3.8) is 0 Å². The lowest BCUT2D eigenvalue weighted by molar-refractivity contribution is -0.166. The Balaban J connectivity index is 3.94. The van der Waals surface area contributed by atoms with Gasteiger partial charge in [-0.15, -0.1) is 0 Å². The van der Waals surface area contributed by atoms with Gasteiger partial charge in [-0.05, 0) is 34.6 Å². The average Bonchev–Trinajstić information content (AvgIpc) is 1.96. The van der Waals surface area contributed by atoms with E-state index >= 15 is 0 Å². The van der Waals surface area contributed by atoms with Crippen molar-refractivity contribution >= 4 is 5.97 Å². The SMILES string of the molecule is C=C(C)COC(C)C(=O)OC(C)(C)C. The molecule has 0 fully saturated rings. The van der Waals surface area contributed by atoms with Crippen molar-refractivity contribution < 1.29 is 14.3 Å². The van der Waals surface area contributed by atoms with Crippen LogP contribution < -0.4 is 0 Å². The highest BCUT2D eigenvalue weighted by molar-refractivity contribution is 5.74. The van der Waals surface area contributed by atoms with Crippen molar-refractivity contribution in [1.29, 1.82) is 0 Å². The van der Waals surface area contributed by atoms with Crippen molar-refractivity contribution in [1.82, 2.24) is 0 Å². The highest BCUT2D eigenvalue weighted by Crippen LogP contribution is 2.09. The molecule has 0 aliphatic rings. The number of rotatable bonds is 4. The molecule has 3 nitrogen and oxygen atoms in total. The molecule has 0 radical (unpaired) electrons. The fourth-order valence-corrected chi connectivity index (χ4v) is 0.720. The van der Waals surface area contributed by atoms with Crippen LogP contribution in [0.1, 0.15) is 34.6 Å². The van der Waals surface area contributed by atoms with E-state index in [2.05, 4.69) is 6.58 Å². The maximum atomic E-state index is 11.4. The Bertz CT molecular complexity index is 213. The second kappa shape index (κ2) is 5.15. The van der Waals surface area contributed by atoms with E-state index < -0.39 is 11.7 Å². The Labute approximate surface area is 86.1 Å². The summed E-state index contributed by atoms with van der Waals surface area (Å²) in [7, 11) is 0. The predicted molar refractivity (Wildman–Crippen MR) is 56.1 cm³/mol. The minimum absolute atomic E-state index is 0.334. The Morgan fingerprint density at radius 3 is 2.29 bits per heavy atom. The van der Waals surface area contributed by atoms with Crippen molar-refractivity contribution in [2.24, 2.45) is 0 Å². The van der Waals surface area contributed by atoms with Crippen LogP contribution in [0.15, 0.2) is 12.2 Å². The van der Waals surface area contributed by atoms with Crippen LogP contribution in [-0.4, -0.2) is 24.3 Å². The first-order valence-electron chi connectivity index (χ1n) is 4.71. The standard InChI is InChI=1S/C11H20O3/c1-8(2)7-13-9(3)10(12)14-11(4,5)6/h9H,1,7H2,2-6H3. The Morgan fingerprint density at radius 1 is 1.43 bits per heavy atom. The molecule has 0 saturated carbocycles. The lowest BCUT2D eigenvalue weighted by atomic mass is 10.2. The molecule has 0 aromatic heterocycles. The van der Waals surface area contributed by atoms with Crippen LogP contribution in [0.25, 0.3) is 0 Å². The van der Waals surface area contributed by atoms with Crippen molar-refractivity contribution in [2.45, 2.75) is 46.3 Å². The average molecular weight is 200 g/mol. The van der Waals surface area contributed by atoms with E-state index in [1.807, 2.05) is 27.7 Å². The molecule has 14 heavy (non-hydrogen) atoms. The van der Waals surface area contributed by atoms with E-state index in [-0.39, 0.29) is 5.97 Å². The van der Waals surface area contributed by atoms with Gasteiger partial charge in [0.1, 0.15) is 5.60 Å². The number of ether oxygens (including phenoxy) is 2. The first kappa shape index (κ1) is 13.2. The van der Waals surface area contributed by atoms with Gasteiger partial charge in [0, 0.05) is 0 Å². The summed E-state index contributed by atoms with van der Waals surface area (Å²) in [6, 6.07) is 0. The molecule has 1 unspecified atom stereocenters. The summed E-state index contributed by atoms with van der Waals surface area (Å²) in [4.78, 5) is 11.4. The Hall–Kier alpha value is -0.830. The zero-order chi connectivity index (χ0) is 11.4. The Morgan fingerprint density at radius 2 is 1.93 bits per heavy atom. The van der Waals surface area contributed by atoms with Gasteiger partial charge in [0.25, 0.3) is 0 Å². The minimum Gasteiger partial charge on any atom is -0.458 e. The molecule has 0 bridgehead atoms. The molecule has 0 rings (SSSR count). The monoisotopic (exact) mass is 200 g/mol. The molecule has 0 aromatic carbocycles. The molecule has 0 aliphatic heterocycles. The molecule has 1 atom stereocenters. The minimum atomic E-state index is -0.536. The van der Waals surface area contributed by atoms with E-state index in [1.165, 1.54) is 0 Å². The second-order valence-electron chi connectivity index (χ2n) is 4.44. The van der Waals surface area contributed by atoms with E-state index in [1.54, 1.807) is 6.92 Å². The van der Waals surface area contributed by atoms with Gasteiger partial charge in [0.2, 0.25) is 0 Å². The third-order valence-corrected chi connectivity index (χ3v) is 1.32. The zero-order valence-corrected chi connectivity index (χ0v) is 9.72. The molecule has 82 valence electrons. The summed E-state index contributed by atoms with van der Waals surface area (Å²) < 4.78 is 10.4. The highest BCUT2D eigenvalue weighted by atomic mass is 16.6. The van der Waals surface area contributed by atoms with E-state index in [0.717, 1.165) is 5.57 Å². The Kier molecular flexibility index (Phi) is 4.85. The van der Waals surface area contributed by atoms with E-state index in [9.17, 15) is 4.79 Å². The number of hydrogen-bond acceptors (Lipinski definition) is 3. The molecule has 0 spiro atoms. The van der Waals surface area contributed by atoms with Crippen LogP contribution in [0.5, 0.6) is 0 Å². The maximum Gasteiger partial charge on any atom is 0.335 e. The molecule has 0 N–H and O–H groups in total. The third-order valence-electron chi connectivity index (χ3n) is 1.32. The fraction of sp³-hybridized carbons (Fsp3) is 0.727. The van der Waals surface area contributed by atoms with Crippen molar-refractivity contribution in [3.8, 4) is 0 Å². The van der Waals surface area contributed by atoms with Gasteiger partial charge < -0.3 is 9.47 Å². The maximum absolute atomic E-state index is 11.4. The predicted octanol–water partition coefficient (Wildman–Crippen LogP) is 2.31. The highest BCUT2D eigenvalue weighted by Gasteiger charge is 2.21. The first-order valence-corrected chi connectivity index (χ1v) is 4.71. The molecule has 0 aromatic rings.